The van der Waals surface area contributed by atoms with E-state index in [0.717, 1.165) is 23.1 Å². The van der Waals surface area contributed by atoms with Crippen LogP contribution in [0.2, 0.25) is 5.02 Å². The molecule has 1 atom stereocenters. The van der Waals surface area contributed by atoms with E-state index in [9.17, 15) is 0 Å². The average molecular weight is 390 g/mol. The summed E-state index contributed by atoms with van der Waals surface area (Å²) < 4.78 is 0. The van der Waals surface area contributed by atoms with E-state index >= 15 is 0 Å². The van der Waals surface area contributed by atoms with Crippen LogP contribution >= 0.6 is 35.6 Å². The van der Waals surface area contributed by atoms with Crippen LogP contribution < -0.4 is 5.32 Å². The molecule has 1 heterocycles. The van der Waals surface area contributed by atoms with Crippen molar-refractivity contribution in [1.29, 1.82) is 0 Å². The van der Waals surface area contributed by atoms with Crippen LogP contribution in [0.15, 0.2) is 47.5 Å². The Labute approximate surface area is 163 Å². The van der Waals surface area contributed by atoms with Crippen molar-refractivity contribution < 1.29 is 0 Å². The molecule has 6 heteroatoms. The van der Waals surface area contributed by atoms with Gasteiger partial charge in [0.05, 0.1) is 5.69 Å². The van der Waals surface area contributed by atoms with Gasteiger partial charge < -0.3 is 5.32 Å². The molecule has 1 N–H and O–H groups in total. The van der Waals surface area contributed by atoms with Gasteiger partial charge in [0.25, 0.3) is 0 Å². The summed E-state index contributed by atoms with van der Waals surface area (Å²) in [6, 6.07) is 13.9. The zero-order valence-electron chi connectivity index (χ0n) is 14.4. The number of thioether (sulfide) groups is 1. The summed E-state index contributed by atoms with van der Waals surface area (Å²) in [5.41, 5.74) is 4.27. The fourth-order valence-electron chi connectivity index (χ4n) is 2.66. The van der Waals surface area contributed by atoms with Crippen molar-refractivity contribution in [1.82, 2.24) is 4.90 Å². The number of halogens is 1. The van der Waals surface area contributed by atoms with Crippen molar-refractivity contribution in [2.24, 2.45) is 4.99 Å². The molecular formula is C19H20ClN3S2. The third-order valence-electron chi connectivity index (χ3n) is 3.87. The number of rotatable bonds is 2. The smallest absolute Gasteiger partial charge is 0.179 e. The molecule has 130 valence electrons. The maximum absolute atomic E-state index is 6.05. The maximum atomic E-state index is 6.05. The summed E-state index contributed by atoms with van der Waals surface area (Å²) in [5.74, 6) is 0. The number of benzene rings is 2. The Morgan fingerprint density at radius 2 is 2.08 bits per heavy atom. The van der Waals surface area contributed by atoms with E-state index in [1.54, 1.807) is 11.8 Å². The molecule has 1 aliphatic heterocycles. The fraction of sp³-hybridized carbons (Fsp3) is 0.263. The molecule has 3 nitrogen and oxygen atoms in total. The van der Waals surface area contributed by atoms with Crippen LogP contribution in [0.5, 0.6) is 0 Å². The molecule has 1 unspecified atom stereocenters. The third-order valence-corrected chi connectivity index (χ3v) is 5.50. The van der Waals surface area contributed by atoms with Gasteiger partial charge in [0.1, 0.15) is 0 Å². The van der Waals surface area contributed by atoms with Crippen LogP contribution in [0.3, 0.4) is 0 Å². The Hall–Kier alpha value is -1.56. The second-order valence-electron chi connectivity index (χ2n) is 6.16. The molecule has 0 radical (unpaired) electrons. The highest BCUT2D eigenvalue weighted by atomic mass is 35.5. The molecule has 0 aliphatic carbocycles. The number of aryl methyl sites for hydroxylation is 2. The minimum Gasteiger partial charge on any atom is -0.332 e. The Kier molecular flexibility index (Phi) is 5.67. The molecule has 25 heavy (non-hydrogen) atoms. The second-order valence-corrected chi connectivity index (χ2v) is 8.39. The summed E-state index contributed by atoms with van der Waals surface area (Å²) in [7, 11) is 0. The lowest BCUT2D eigenvalue weighted by Crippen LogP contribution is -2.36. The zero-order valence-corrected chi connectivity index (χ0v) is 16.8. The fourth-order valence-corrected chi connectivity index (χ4v) is 4.22. The molecule has 2 aromatic carbocycles. The van der Waals surface area contributed by atoms with Crippen LogP contribution in [0.25, 0.3) is 0 Å². The lowest BCUT2D eigenvalue weighted by molar-refractivity contribution is 0.641. The van der Waals surface area contributed by atoms with E-state index in [2.05, 4.69) is 49.2 Å². The molecule has 3 rings (SSSR count). The molecule has 2 aromatic rings. The number of anilines is 1. The predicted octanol–water partition coefficient (Wildman–Crippen LogP) is 5.78. The van der Waals surface area contributed by atoms with E-state index in [1.807, 2.05) is 24.3 Å². The van der Waals surface area contributed by atoms with Crippen molar-refractivity contribution in [2.45, 2.75) is 26.0 Å². The number of hydrogen-bond acceptors (Lipinski definition) is 3. The van der Waals surface area contributed by atoms with Gasteiger partial charge in [0.15, 0.2) is 10.3 Å². The molecule has 1 aliphatic rings. The van der Waals surface area contributed by atoms with Gasteiger partial charge in [-0.15, -0.1) is 0 Å². The lowest BCUT2D eigenvalue weighted by atomic mass is 10.1. The van der Waals surface area contributed by atoms with Crippen LogP contribution in [-0.4, -0.2) is 27.0 Å². The highest BCUT2D eigenvalue weighted by Gasteiger charge is 2.29. The summed E-state index contributed by atoms with van der Waals surface area (Å²) in [5, 5.41) is 5.95. The molecule has 1 saturated heterocycles. The predicted molar refractivity (Wildman–Crippen MR) is 114 cm³/mol. The van der Waals surface area contributed by atoms with Crippen molar-refractivity contribution in [3.63, 3.8) is 0 Å². The molecule has 1 fully saturated rings. The monoisotopic (exact) mass is 389 g/mol. The molecule has 0 spiro atoms. The third kappa shape index (κ3) is 4.54. The number of nitrogens with zero attached hydrogens (tertiary/aromatic N) is 2. The molecule has 0 amide bonds. The van der Waals surface area contributed by atoms with E-state index < -0.39 is 0 Å². The summed E-state index contributed by atoms with van der Waals surface area (Å²) >= 11 is 13.4. The first kappa shape index (κ1) is 18.2. The van der Waals surface area contributed by atoms with Gasteiger partial charge in [-0.05, 0) is 55.9 Å². The maximum Gasteiger partial charge on any atom is 0.179 e. The number of nitrogens with one attached hydrogen (secondary N) is 1. The van der Waals surface area contributed by atoms with Gasteiger partial charge in [-0.3, -0.25) is 4.90 Å². The van der Waals surface area contributed by atoms with Gasteiger partial charge in [0, 0.05) is 22.5 Å². The SMILES string of the molecule is Cc1ccc(N=C2SC(C)CN2C(=S)Nc2cccc(Cl)c2)c(C)c1. The summed E-state index contributed by atoms with van der Waals surface area (Å²) in [6.45, 7) is 7.19. The molecular weight excluding hydrogens is 370 g/mol. The Bertz CT molecular complexity index is 835. The van der Waals surface area contributed by atoms with E-state index in [0.29, 0.717) is 15.4 Å². The van der Waals surface area contributed by atoms with Gasteiger partial charge in [0.2, 0.25) is 0 Å². The topological polar surface area (TPSA) is 27.6 Å². The number of thiocarbonyl (C=S) groups is 1. The van der Waals surface area contributed by atoms with Crippen molar-refractivity contribution in [3.8, 4) is 0 Å². The van der Waals surface area contributed by atoms with Crippen molar-refractivity contribution in [2.75, 3.05) is 11.9 Å². The van der Waals surface area contributed by atoms with Gasteiger partial charge in [-0.25, -0.2) is 4.99 Å². The number of amidine groups is 1. The number of aliphatic imine (C=N–C) groups is 1. The van der Waals surface area contributed by atoms with Crippen LogP contribution in [0.4, 0.5) is 11.4 Å². The second kappa shape index (κ2) is 7.77. The highest BCUT2D eigenvalue weighted by molar-refractivity contribution is 8.14. The van der Waals surface area contributed by atoms with E-state index in [1.165, 1.54) is 11.1 Å². The molecule has 0 saturated carbocycles. The summed E-state index contributed by atoms with van der Waals surface area (Å²) in [6.07, 6.45) is 0. The highest BCUT2D eigenvalue weighted by Crippen LogP contribution is 2.30. The van der Waals surface area contributed by atoms with E-state index in [-0.39, 0.29) is 0 Å². The normalized spacial score (nSPS) is 18.6. The van der Waals surface area contributed by atoms with Crippen LogP contribution in [0.1, 0.15) is 18.1 Å². The van der Waals surface area contributed by atoms with Crippen molar-refractivity contribution in [3.05, 3.63) is 58.6 Å². The van der Waals surface area contributed by atoms with Crippen LogP contribution in [-0.2, 0) is 0 Å². The average Bonchev–Trinajstić information content (AvgIpc) is 2.91. The Balaban J connectivity index is 1.83. The van der Waals surface area contributed by atoms with E-state index in [4.69, 9.17) is 28.8 Å². The first-order chi connectivity index (χ1) is 11.9. The van der Waals surface area contributed by atoms with Gasteiger partial charge in [-0.2, -0.15) is 0 Å². The van der Waals surface area contributed by atoms with Crippen molar-refractivity contribution >= 4 is 57.2 Å². The minimum absolute atomic E-state index is 0.434. The first-order valence-electron chi connectivity index (χ1n) is 8.09. The largest absolute Gasteiger partial charge is 0.332 e. The number of hydrogen-bond donors (Lipinski definition) is 1. The van der Waals surface area contributed by atoms with Crippen LogP contribution in [0, 0.1) is 13.8 Å². The quantitative estimate of drug-likeness (QED) is 0.659. The standard InChI is InChI=1S/C19H20ClN3S2/c1-12-7-8-17(13(2)9-12)22-19-23(11-14(3)25-19)18(24)21-16-6-4-5-15(20)10-16/h4-10,14H,11H2,1-3H3,(H,21,24). The lowest BCUT2D eigenvalue weighted by Gasteiger charge is -2.20. The Morgan fingerprint density at radius 3 is 2.80 bits per heavy atom. The van der Waals surface area contributed by atoms with Gasteiger partial charge >= 0.3 is 0 Å². The molecule has 0 bridgehead atoms. The van der Waals surface area contributed by atoms with Gasteiger partial charge in [-0.1, -0.05) is 54.0 Å². The first-order valence-corrected chi connectivity index (χ1v) is 9.75. The zero-order chi connectivity index (χ0) is 18.0. The Morgan fingerprint density at radius 1 is 1.28 bits per heavy atom. The minimum atomic E-state index is 0.434. The summed E-state index contributed by atoms with van der Waals surface area (Å²) in [4.78, 5) is 6.92. The molecule has 0 aromatic heterocycles.